The smallest absolute Gasteiger partial charge is 0.165 e. The van der Waals surface area contributed by atoms with E-state index < -0.39 is 0 Å². The number of hydrogen-bond donors (Lipinski definition) is 1. The Balaban J connectivity index is 2.50. The molecule has 2 N–H and O–H groups in total. The number of aryl methyl sites for hydroxylation is 1. The second-order valence-electron chi connectivity index (χ2n) is 3.94. The van der Waals surface area contributed by atoms with Gasteiger partial charge in [0.1, 0.15) is 0 Å². The fourth-order valence-corrected chi connectivity index (χ4v) is 1.78. The Morgan fingerprint density at radius 3 is 2.47 bits per heavy atom. The van der Waals surface area contributed by atoms with Crippen molar-refractivity contribution in [1.29, 1.82) is 0 Å². The zero-order valence-electron chi connectivity index (χ0n) is 9.83. The molecular weight excluding hydrogens is 217 g/mol. The van der Waals surface area contributed by atoms with Gasteiger partial charge in [0.2, 0.25) is 0 Å². The van der Waals surface area contributed by atoms with Gasteiger partial charge in [0.15, 0.2) is 11.6 Å². The van der Waals surface area contributed by atoms with Gasteiger partial charge in [-0.2, -0.15) is 0 Å². The molecule has 0 spiro atoms. The van der Waals surface area contributed by atoms with E-state index >= 15 is 0 Å². The third-order valence-electron chi connectivity index (χ3n) is 2.67. The molecule has 0 bridgehead atoms. The summed E-state index contributed by atoms with van der Waals surface area (Å²) in [6.07, 6.45) is 0. The highest BCUT2D eigenvalue weighted by Crippen LogP contribution is 2.29. The number of ether oxygens (including phenoxy) is 1. The van der Waals surface area contributed by atoms with Crippen LogP contribution in [-0.2, 0) is 0 Å². The molecule has 2 aromatic rings. The molecule has 0 amide bonds. The highest BCUT2D eigenvalue weighted by atomic mass is 19.1. The van der Waals surface area contributed by atoms with Crippen molar-refractivity contribution in [3.8, 4) is 16.9 Å². The zero-order chi connectivity index (χ0) is 12.4. The Morgan fingerprint density at radius 2 is 1.88 bits per heavy atom. The summed E-state index contributed by atoms with van der Waals surface area (Å²) in [5, 5.41) is 0. The van der Waals surface area contributed by atoms with Crippen molar-refractivity contribution in [1.82, 2.24) is 0 Å². The van der Waals surface area contributed by atoms with E-state index in [9.17, 15) is 4.39 Å². The molecule has 0 saturated heterocycles. The van der Waals surface area contributed by atoms with Crippen LogP contribution in [0, 0.1) is 12.7 Å². The van der Waals surface area contributed by atoms with E-state index in [-0.39, 0.29) is 11.6 Å². The first-order chi connectivity index (χ1) is 8.11. The lowest BCUT2D eigenvalue weighted by Crippen LogP contribution is -1.93. The lowest BCUT2D eigenvalue weighted by Gasteiger charge is -2.08. The monoisotopic (exact) mass is 231 g/mol. The van der Waals surface area contributed by atoms with Crippen molar-refractivity contribution >= 4 is 5.69 Å². The summed E-state index contributed by atoms with van der Waals surface area (Å²) in [4.78, 5) is 0. The zero-order valence-corrected chi connectivity index (χ0v) is 9.83. The Labute approximate surface area is 99.8 Å². The van der Waals surface area contributed by atoms with Gasteiger partial charge in [-0.1, -0.05) is 18.2 Å². The van der Waals surface area contributed by atoms with Gasteiger partial charge in [0, 0.05) is 11.3 Å². The van der Waals surface area contributed by atoms with Crippen LogP contribution in [0.15, 0.2) is 36.4 Å². The number of anilines is 1. The van der Waals surface area contributed by atoms with E-state index in [1.54, 1.807) is 12.1 Å². The number of benzene rings is 2. The first-order valence-corrected chi connectivity index (χ1v) is 5.32. The van der Waals surface area contributed by atoms with Gasteiger partial charge in [-0.25, -0.2) is 4.39 Å². The van der Waals surface area contributed by atoms with Crippen molar-refractivity contribution in [2.24, 2.45) is 0 Å². The van der Waals surface area contributed by atoms with E-state index in [1.165, 1.54) is 13.2 Å². The lowest BCUT2D eigenvalue weighted by molar-refractivity contribution is 0.386. The van der Waals surface area contributed by atoms with Crippen LogP contribution in [0.25, 0.3) is 11.1 Å². The normalized spacial score (nSPS) is 10.3. The molecule has 2 aromatic carbocycles. The summed E-state index contributed by atoms with van der Waals surface area (Å²) < 4.78 is 18.5. The average Bonchev–Trinajstić information content (AvgIpc) is 2.29. The fraction of sp³-hybridized carbons (Fsp3) is 0.143. The minimum atomic E-state index is -0.384. The standard InChI is InChI=1S/C14H14FNO/c1-9-3-5-11(13(16)7-9)10-4-6-14(17-2)12(15)8-10/h3-8H,16H2,1-2H3. The molecule has 0 aliphatic heterocycles. The molecule has 0 aromatic heterocycles. The molecule has 88 valence electrons. The van der Waals surface area contributed by atoms with Crippen LogP contribution in [0.5, 0.6) is 5.75 Å². The summed E-state index contributed by atoms with van der Waals surface area (Å²) in [5.41, 5.74) is 9.23. The molecule has 0 atom stereocenters. The average molecular weight is 231 g/mol. The SMILES string of the molecule is COc1ccc(-c2ccc(C)cc2N)cc1F. The van der Waals surface area contributed by atoms with Gasteiger partial charge in [0.05, 0.1) is 7.11 Å². The van der Waals surface area contributed by atoms with Crippen LogP contribution < -0.4 is 10.5 Å². The van der Waals surface area contributed by atoms with E-state index in [0.717, 1.165) is 16.7 Å². The quantitative estimate of drug-likeness (QED) is 0.804. The molecule has 2 rings (SSSR count). The van der Waals surface area contributed by atoms with Gasteiger partial charge in [0.25, 0.3) is 0 Å². The number of nitrogens with two attached hydrogens (primary N) is 1. The maximum atomic E-state index is 13.6. The van der Waals surface area contributed by atoms with Crippen molar-refractivity contribution in [3.05, 3.63) is 47.8 Å². The van der Waals surface area contributed by atoms with Crippen molar-refractivity contribution in [3.63, 3.8) is 0 Å². The third kappa shape index (κ3) is 2.23. The largest absolute Gasteiger partial charge is 0.494 e. The van der Waals surface area contributed by atoms with Gasteiger partial charge in [-0.15, -0.1) is 0 Å². The minimum absolute atomic E-state index is 0.236. The number of hydrogen-bond acceptors (Lipinski definition) is 2. The molecule has 0 fully saturated rings. The Kier molecular flexibility index (Phi) is 3.00. The predicted molar refractivity (Wildman–Crippen MR) is 67.5 cm³/mol. The number of nitrogen functional groups attached to an aromatic ring is 1. The van der Waals surface area contributed by atoms with Crippen molar-refractivity contribution < 1.29 is 9.13 Å². The predicted octanol–water partition coefficient (Wildman–Crippen LogP) is 3.39. The molecular formula is C14H14FNO. The second kappa shape index (κ2) is 4.45. The highest BCUT2D eigenvalue weighted by molar-refractivity contribution is 5.77. The molecule has 17 heavy (non-hydrogen) atoms. The van der Waals surface area contributed by atoms with E-state index in [2.05, 4.69) is 0 Å². The molecule has 0 heterocycles. The first-order valence-electron chi connectivity index (χ1n) is 5.32. The van der Waals surface area contributed by atoms with Crippen LogP contribution in [-0.4, -0.2) is 7.11 Å². The van der Waals surface area contributed by atoms with Crippen LogP contribution in [0.3, 0.4) is 0 Å². The van der Waals surface area contributed by atoms with Crippen LogP contribution in [0.1, 0.15) is 5.56 Å². The summed E-state index contributed by atoms with van der Waals surface area (Å²) in [6, 6.07) is 10.5. The summed E-state index contributed by atoms with van der Waals surface area (Å²) >= 11 is 0. The summed E-state index contributed by atoms with van der Waals surface area (Å²) in [7, 11) is 1.44. The van der Waals surface area contributed by atoms with Gasteiger partial charge >= 0.3 is 0 Å². The maximum absolute atomic E-state index is 13.6. The molecule has 2 nitrogen and oxygen atoms in total. The minimum Gasteiger partial charge on any atom is -0.494 e. The molecule has 0 unspecified atom stereocenters. The van der Waals surface area contributed by atoms with Crippen molar-refractivity contribution in [2.75, 3.05) is 12.8 Å². The Morgan fingerprint density at radius 1 is 1.12 bits per heavy atom. The number of methoxy groups -OCH3 is 1. The van der Waals surface area contributed by atoms with Crippen molar-refractivity contribution in [2.45, 2.75) is 6.92 Å². The van der Waals surface area contributed by atoms with Gasteiger partial charge in [-0.05, 0) is 36.2 Å². The first kappa shape index (κ1) is 11.5. The molecule has 3 heteroatoms. The molecule has 0 saturated carbocycles. The second-order valence-corrected chi connectivity index (χ2v) is 3.94. The topological polar surface area (TPSA) is 35.2 Å². The van der Waals surface area contributed by atoms with E-state index in [0.29, 0.717) is 5.69 Å². The molecule has 0 aliphatic carbocycles. The highest BCUT2D eigenvalue weighted by Gasteiger charge is 2.07. The third-order valence-corrected chi connectivity index (χ3v) is 2.67. The number of halogens is 1. The van der Waals surface area contributed by atoms with Crippen LogP contribution in [0.2, 0.25) is 0 Å². The summed E-state index contributed by atoms with van der Waals surface area (Å²) in [6.45, 7) is 1.97. The maximum Gasteiger partial charge on any atom is 0.165 e. The molecule has 0 radical (unpaired) electrons. The number of rotatable bonds is 2. The molecule has 0 aliphatic rings. The Hall–Kier alpha value is -2.03. The fourth-order valence-electron chi connectivity index (χ4n) is 1.78. The lowest BCUT2D eigenvalue weighted by atomic mass is 10.0. The summed E-state index contributed by atoms with van der Waals surface area (Å²) in [5.74, 6) is -0.149. The van der Waals surface area contributed by atoms with Crippen LogP contribution >= 0.6 is 0 Å². The van der Waals surface area contributed by atoms with Gasteiger partial charge < -0.3 is 10.5 Å². The van der Waals surface area contributed by atoms with E-state index in [4.69, 9.17) is 10.5 Å². The van der Waals surface area contributed by atoms with E-state index in [1.807, 2.05) is 25.1 Å². The Bertz CT molecular complexity index is 552. The van der Waals surface area contributed by atoms with Gasteiger partial charge in [-0.3, -0.25) is 0 Å². The van der Waals surface area contributed by atoms with Crippen LogP contribution in [0.4, 0.5) is 10.1 Å².